The molecule has 8 nitrogen and oxygen atoms in total. The Labute approximate surface area is 274 Å². The molecule has 1 saturated heterocycles. The van der Waals surface area contributed by atoms with Crippen molar-refractivity contribution in [2.45, 2.75) is 43.1 Å². The number of nitrogens with zero attached hydrogens (tertiary/aromatic N) is 1. The first kappa shape index (κ1) is 29.3. The number of carbonyl (C=O) groups is 3. The first-order valence-corrected chi connectivity index (χ1v) is 17.4. The fourth-order valence-electron chi connectivity index (χ4n) is 8.29. The van der Waals surface area contributed by atoms with Crippen LogP contribution in [0.4, 0.5) is 5.69 Å². The van der Waals surface area contributed by atoms with E-state index in [1.807, 2.05) is 18.2 Å². The third-order valence-electron chi connectivity index (χ3n) is 10.1. The second-order valence-corrected chi connectivity index (χ2v) is 14.8. The van der Waals surface area contributed by atoms with Gasteiger partial charge in [0, 0.05) is 21.6 Å². The summed E-state index contributed by atoms with van der Waals surface area (Å²) in [7, 11) is 0. The molecule has 4 aromatic rings. The minimum absolute atomic E-state index is 0.00458. The molecule has 2 aliphatic carbocycles. The Bertz CT molecular complexity index is 1920. The number of carbonyl (C=O) groups excluding carboxylic acids is 3. The summed E-state index contributed by atoms with van der Waals surface area (Å²) in [5, 5.41) is 0.934. The van der Waals surface area contributed by atoms with Gasteiger partial charge in [-0.3, -0.25) is 19.3 Å². The number of fused-ring (bicyclic) bond motifs is 9. The lowest BCUT2D eigenvalue weighted by atomic mass is 9.68. The number of benzene rings is 3. The van der Waals surface area contributed by atoms with Crippen molar-refractivity contribution in [3.05, 3.63) is 110 Å². The maximum Gasteiger partial charge on any atom is 0.338 e. The van der Waals surface area contributed by atoms with Gasteiger partial charge in [-0.1, -0.05) is 59.4 Å². The molecule has 0 spiro atoms. The van der Waals surface area contributed by atoms with Gasteiger partial charge in [-0.15, -0.1) is 11.8 Å². The lowest BCUT2D eigenvalue weighted by Crippen LogP contribution is -2.42. The van der Waals surface area contributed by atoms with Crippen molar-refractivity contribution in [3.63, 3.8) is 0 Å². The molecule has 234 valence electrons. The van der Waals surface area contributed by atoms with Gasteiger partial charge in [0.25, 0.3) is 0 Å². The zero-order valence-electron chi connectivity index (χ0n) is 25.3. The van der Waals surface area contributed by atoms with Crippen molar-refractivity contribution in [3.8, 4) is 5.75 Å². The van der Waals surface area contributed by atoms with Gasteiger partial charge in [0.15, 0.2) is 0 Å². The minimum atomic E-state index is -0.441. The summed E-state index contributed by atoms with van der Waals surface area (Å²) in [6.07, 6.45) is 0.798. The molecule has 2 aliphatic heterocycles. The highest BCUT2D eigenvalue weighted by Gasteiger charge is 2.69. The van der Waals surface area contributed by atoms with E-state index in [9.17, 15) is 19.2 Å². The smallest absolute Gasteiger partial charge is 0.338 e. The second-order valence-electron chi connectivity index (χ2n) is 12.6. The molecule has 3 aromatic carbocycles. The van der Waals surface area contributed by atoms with Gasteiger partial charge in [0.1, 0.15) is 12.4 Å². The van der Waals surface area contributed by atoms with Gasteiger partial charge < -0.3 is 14.5 Å². The van der Waals surface area contributed by atoms with E-state index < -0.39 is 17.8 Å². The van der Waals surface area contributed by atoms with Gasteiger partial charge in [-0.05, 0) is 73.9 Å². The molecule has 10 heteroatoms. The number of anilines is 1. The van der Waals surface area contributed by atoms with Gasteiger partial charge >= 0.3 is 10.8 Å². The Kier molecular flexibility index (Phi) is 7.17. The summed E-state index contributed by atoms with van der Waals surface area (Å²) in [6.45, 7) is 4.48. The zero-order chi connectivity index (χ0) is 31.7. The molecule has 1 aromatic heterocycles. The number of hydrogen-bond donors (Lipinski definition) is 1. The predicted molar refractivity (Wildman–Crippen MR) is 175 cm³/mol. The molecule has 1 N–H and O–H groups in total. The Morgan fingerprint density at radius 3 is 2.39 bits per heavy atom. The van der Waals surface area contributed by atoms with E-state index in [1.165, 1.54) is 21.8 Å². The van der Waals surface area contributed by atoms with E-state index in [0.29, 0.717) is 17.9 Å². The average molecular weight is 653 g/mol. The molecule has 2 bridgehead atoms. The van der Waals surface area contributed by atoms with Gasteiger partial charge in [-0.25, -0.2) is 4.79 Å². The minimum Gasteiger partial charge on any atom is -0.489 e. The lowest BCUT2D eigenvalue weighted by Gasteiger charge is -2.43. The molecule has 4 aliphatic rings. The van der Waals surface area contributed by atoms with Crippen LogP contribution in [0.15, 0.2) is 82.6 Å². The number of aryl methyl sites for hydroxylation is 1. The first-order valence-electron chi connectivity index (χ1n) is 15.7. The van der Waals surface area contributed by atoms with Gasteiger partial charge in [-0.2, -0.15) is 0 Å². The number of aromatic nitrogens is 1. The Morgan fingerprint density at radius 2 is 1.65 bits per heavy atom. The highest BCUT2D eigenvalue weighted by atomic mass is 32.2. The van der Waals surface area contributed by atoms with Crippen molar-refractivity contribution in [1.82, 2.24) is 4.98 Å². The molecule has 8 rings (SSSR count). The van der Waals surface area contributed by atoms with Crippen LogP contribution < -0.4 is 14.5 Å². The number of imide groups is 1. The van der Waals surface area contributed by atoms with Crippen LogP contribution in [0.5, 0.6) is 5.75 Å². The summed E-state index contributed by atoms with van der Waals surface area (Å²) in [6, 6.07) is 22.8. The van der Waals surface area contributed by atoms with Crippen LogP contribution in [0.25, 0.3) is 0 Å². The molecule has 3 heterocycles. The van der Waals surface area contributed by atoms with E-state index in [0.717, 1.165) is 33.2 Å². The first-order chi connectivity index (χ1) is 22.3. The number of rotatable bonds is 7. The van der Waals surface area contributed by atoms with Crippen molar-refractivity contribution in [2.75, 3.05) is 11.5 Å². The van der Waals surface area contributed by atoms with E-state index in [2.05, 4.69) is 42.2 Å². The molecule has 2 saturated carbocycles. The third-order valence-corrected chi connectivity index (χ3v) is 12.7. The lowest BCUT2D eigenvalue weighted by molar-refractivity contribution is -0.123. The molecule has 5 unspecified atom stereocenters. The average Bonchev–Trinajstić information content (AvgIpc) is 3.80. The van der Waals surface area contributed by atoms with Crippen LogP contribution in [0, 0.1) is 36.5 Å². The highest BCUT2D eigenvalue weighted by Crippen LogP contribution is 2.69. The number of amides is 2. The molecule has 46 heavy (non-hydrogen) atoms. The maximum atomic E-state index is 14.2. The van der Waals surface area contributed by atoms with Crippen LogP contribution in [-0.2, 0) is 20.9 Å². The van der Waals surface area contributed by atoms with Gasteiger partial charge in [0.05, 0.1) is 34.7 Å². The fraction of sp³-hybridized carbons (Fsp3) is 0.333. The molecular weight excluding hydrogens is 621 g/mol. The van der Waals surface area contributed by atoms with Crippen molar-refractivity contribution in [1.29, 1.82) is 0 Å². The van der Waals surface area contributed by atoms with E-state index in [4.69, 9.17) is 9.47 Å². The number of nitrogens with one attached hydrogen (secondary N) is 1. The summed E-state index contributed by atoms with van der Waals surface area (Å²) in [4.78, 5) is 58.4. The number of para-hydroxylation sites is 1. The second kappa shape index (κ2) is 11.3. The van der Waals surface area contributed by atoms with Crippen molar-refractivity contribution < 1.29 is 23.9 Å². The van der Waals surface area contributed by atoms with Crippen molar-refractivity contribution in [2.24, 2.45) is 29.6 Å². The topological polar surface area (TPSA) is 106 Å². The normalized spacial score (nSPS) is 27.3. The molecule has 0 radical (unpaired) electrons. The van der Waals surface area contributed by atoms with Gasteiger partial charge in [0.2, 0.25) is 11.8 Å². The van der Waals surface area contributed by atoms with Crippen LogP contribution >= 0.6 is 23.1 Å². The Balaban J connectivity index is 1.14. The number of aromatic amines is 1. The number of ether oxygens (including phenoxy) is 2. The number of H-pyrrole nitrogens is 1. The quantitative estimate of drug-likeness (QED) is 0.188. The monoisotopic (exact) mass is 652 g/mol. The number of hydrogen-bond acceptors (Lipinski definition) is 8. The number of thiazole rings is 1. The Hall–Kier alpha value is -4.15. The zero-order valence-corrected chi connectivity index (χ0v) is 26.9. The summed E-state index contributed by atoms with van der Waals surface area (Å²) < 4.78 is 11.5. The third kappa shape index (κ3) is 4.56. The standard InChI is InChI=1S/C36H32N2O6S2/c1-3-43-35(41)20-12-14-21(15-13-20)38-33(39)28-23-16-24(29(28)34(38)40)30-27(23)26(31-32(45-30)37-36(42)46-31)22-6-4-5-7-25(22)44-17-19-10-8-18(2)9-11-19/h4-15,23-24,26-30H,3,16-17H2,1-2H3,(H,37,42)/t23-,24-,26?,27?,28?,29?,30?/m1/s1. The molecule has 3 fully saturated rings. The maximum absolute atomic E-state index is 14.2. The number of thioether (sulfide) groups is 1. The van der Waals surface area contributed by atoms with Crippen LogP contribution in [0.2, 0.25) is 0 Å². The summed E-state index contributed by atoms with van der Waals surface area (Å²) in [5.41, 5.74) is 4.11. The van der Waals surface area contributed by atoms with E-state index in [-0.39, 0.29) is 52.2 Å². The highest BCUT2D eigenvalue weighted by molar-refractivity contribution is 8.00. The summed E-state index contributed by atoms with van der Waals surface area (Å²) in [5.74, 6) is -0.956. The van der Waals surface area contributed by atoms with E-state index >= 15 is 0 Å². The van der Waals surface area contributed by atoms with Crippen LogP contribution in [0.1, 0.15) is 51.2 Å². The molecule has 7 atom stereocenters. The summed E-state index contributed by atoms with van der Waals surface area (Å²) >= 11 is 2.90. The fourth-order valence-corrected chi connectivity index (χ4v) is 11.2. The largest absolute Gasteiger partial charge is 0.489 e. The Morgan fingerprint density at radius 1 is 0.935 bits per heavy atom. The van der Waals surface area contributed by atoms with Crippen LogP contribution in [-0.4, -0.2) is 34.6 Å². The predicted octanol–water partition coefficient (Wildman–Crippen LogP) is 6.18. The van der Waals surface area contributed by atoms with Crippen molar-refractivity contribution >= 4 is 46.6 Å². The molecular formula is C36H32N2O6S2. The SMILES string of the molecule is CCOC(=O)c1ccc(N2C(=O)C3C(C2=O)[C@@H]2C[C@H]3C3Sc4[nH]c(=O)sc4C(c4ccccc4OCc4ccc(C)cc4)C32)cc1. The van der Waals surface area contributed by atoms with Crippen LogP contribution in [0.3, 0.4) is 0 Å². The van der Waals surface area contributed by atoms with E-state index in [1.54, 1.807) is 43.0 Å². The molecule has 2 amide bonds. The number of esters is 1.